The maximum Gasteiger partial charge on any atom is 0.251 e. The Balaban J connectivity index is 1.57. The van der Waals surface area contributed by atoms with Crippen molar-refractivity contribution in [3.05, 3.63) is 34.9 Å². The minimum Gasteiger partial charge on any atom is -0.309 e. The number of rotatable bonds is 5. The molecule has 0 radical (unpaired) electrons. The first-order chi connectivity index (χ1) is 11.5. The molecule has 3 nitrogen and oxygen atoms in total. The van der Waals surface area contributed by atoms with Gasteiger partial charge in [-0.3, -0.25) is 9.80 Å². The number of benzene rings is 1. The zero-order chi connectivity index (χ0) is 17.1. The average Bonchev–Trinajstić information content (AvgIpc) is 2.90. The van der Waals surface area contributed by atoms with Crippen LogP contribution < -0.4 is 5.32 Å². The van der Waals surface area contributed by atoms with E-state index in [1.165, 1.54) is 5.56 Å². The third-order valence-corrected chi connectivity index (χ3v) is 5.55. The second kappa shape index (κ2) is 8.09. The van der Waals surface area contributed by atoms with Crippen LogP contribution in [0.25, 0.3) is 0 Å². The van der Waals surface area contributed by atoms with Crippen LogP contribution >= 0.6 is 11.6 Å². The topological polar surface area (TPSA) is 18.5 Å². The summed E-state index contributed by atoms with van der Waals surface area (Å²) in [6, 6.07) is 9.28. The Bertz CT molecular complexity index is 518. The fourth-order valence-corrected chi connectivity index (χ4v) is 4.17. The van der Waals surface area contributed by atoms with Gasteiger partial charge in [0.05, 0.1) is 6.54 Å². The van der Waals surface area contributed by atoms with Crippen molar-refractivity contribution in [1.82, 2.24) is 15.1 Å². The van der Waals surface area contributed by atoms with Crippen molar-refractivity contribution in [3.8, 4) is 0 Å². The number of nitrogens with zero attached hydrogens (tertiary/aromatic N) is 2. The van der Waals surface area contributed by atoms with Gasteiger partial charge in [-0.2, -0.15) is 0 Å². The lowest BCUT2D eigenvalue weighted by Gasteiger charge is -2.35. The molecule has 2 aliphatic rings. The zero-order valence-electron chi connectivity index (χ0n) is 14.1. The summed E-state index contributed by atoms with van der Waals surface area (Å²) >= 11 is 6.01. The summed E-state index contributed by atoms with van der Waals surface area (Å²) in [6.45, 7) is 2.49. The molecule has 0 aliphatic carbocycles. The number of hydrogen-bond donors (Lipinski definition) is 1. The van der Waals surface area contributed by atoms with Gasteiger partial charge in [0.15, 0.2) is 0 Å². The van der Waals surface area contributed by atoms with Crippen LogP contribution in [-0.4, -0.2) is 61.5 Å². The number of alkyl halides is 2. The van der Waals surface area contributed by atoms with Gasteiger partial charge in [0.25, 0.3) is 6.43 Å². The summed E-state index contributed by atoms with van der Waals surface area (Å²) in [7, 11) is 2.16. The molecule has 2 atom stereocenters. The van der Waals surface area contributed by atoms with E-state index in [2.05, 4.69) is 29.4 Å². The molecule has 2 aliphatic heterocycles. The molecule has 2 saturated heterocycles. The van der Waals surface area contributed by atoms with E-state index in [4.69, 9.17) is 11.6 Å². The highest BCUT2D eigenvalue weighted by atomic mass is 35.5. The minimum atomic E-state index is -2.23. The first-order valence-corrected chi connectivity index (χ1v) is 9.13. The summed E-state index contributed by atoms with van der Waals surface area (Å²) in [6.07, 6.45) is 0.772. The monoisotopic (exact) mass is 357 g/mol. The molecule has 0 bridgehead atoms. The van der Waals surface area contributed by atoms with E-state index in [9.17, 15) is 8.78 Å². The van der Waals surface area contributed by atoms with E-state index < -0.39 is 6.43 Å². The Kier molecular flexibility index (Phi) is 6.08. The van der Waals surface area contributed by atoms with Gasteiger partial charge in [0.2, 0.25) is 0 Å². The standard InChI is InChI=1S/C18H26ClF2N3/c1-23-9-8-16(18(23)13-2-4-14(19)5-3-13)22-15-6-10-24(11-7-15)12-17(20)21/h2-5,15-18,22H,6-12H2,1H3/t16-,18+/m0/s1. The first-order valence-electron chi connectivity index (χ1n) is 8.75. The smallest absolute Gasteiger partial charge is 0.251 e. The van der Waals surface area contributed by atoms with Gasteiger partial charge in [-0.1, -0.05) is 23.7 Å². The molecular weight excluding hydrogens is 332 g/mol. The van der Waals surface area contributed by atoms with Crippen molar-refractivity contribution in [1.29, 1.82) is 0 Å². The molecule has 0 unspecified atom stereocenters. The molecule has 1 aromatic carbocycles. The van der Waals surface area contributed by atoms with Crippen LogP contribution in [0, 0.1) is 0 Å². The van der Waals surface area contributed by atoms with Crippen molar-refractivity contribution in [2.75, 3.05) is 33.2 Å². The first kappa shape index (κ1) is 18.1. The lowest BCUT2D eigenvalue weighted by atomic mass is 9.97. The zero-order valence-corrected chi connectivity index (χ0v) is 14.9. The summed E-state index contributed by atoms with van der Waals surface area (Å²) < 4.78 is 25.0. The fraction of sp³-hybridized carbons (Fsp3) is 0.667. The van der Waals surface area contributed by atoms with E-state index >= 15 is 0 Å². The predicted molar refractivity (Wildman–Crippen MR) is 93.8 cm³/mol. The summed E-state index contributed by atoms with van der Waals surface area (Å²) in [5, 5.41) is 4.56. The molecule has 0 spiro atoms. The average molecular weight is 358 g/mol. The third kappa shape index (κ3) is 4.45. The molecule has 24 heavy (non-hydrogen) atoms. The van der Waals surface area contributed by atoms with E-state index in [1.54, 1.807) is 0 Å². The lowest BCUT2D eigenvalue weighted by Crippen LogP contribution is -2.48. The lowest BCUT2D eigenvalue weighted by molar-refractivity contribution is 0.0715. The molecule has 2 fully saturated rings. The summed E-state index contributed by atoms with van der Waals surface area (Å²) in [4.78, 5) is 4.26. The number of likely N-dealkylation sites (tertiary alicyclic amines) is 2. The molecular formula is C18H26ClF2N3. The van der Waals surface area contributed by atoms with Gasteiger partial charge >= 0.3 is 0 Å². The molecule has 6 heteroatoms. The van der Waals surface area contributed by atoms with Gasteiger partial charge in [0.1, 0.15) is 0 Å². The number of piperidine rings is 1. The molecule has 0 aromatic heterocycles. The van der Waals surface area contributed by atoms with Crippen LogP contribution in [0.2, 0.25) is 5.02 Å². The highest BCUT2D eigenvalue weighted by Crippen LogP contribution is 2.32. The van der Waals surface area contributed by atoms with Gasteiger partial charge in [-0.25, -0.2) is 8.78 Å². The highest BCUT2D eigenvalue weighted by molar-refractivity contribution is 6.30. The largest absolute Gasteiger partial charge is 0.309 e. The van der Waals surface area contributed by atoms with E-state index in [1.807, 2.05) is 17.0 Å². The third-order valence-electron chi connectivity index (χ3n) is 5.29. The van der Waals surface area contributed by atoms with Gasteiger partial charge in [-0.05, 0) is 57.1 Å². The molecule has 1 aromatic rings. The minimum absolute atomic E-state index is 0.0910. The molecule has 2 heterocycles. The molecule has 1 N–H and O–H groups in total. The maximum absolute atomic E-state index is 12.5. The van der Waals surface area contributed by atoms with E-state index in [0.717, 1.165) is 43.9 Å². The number of nitrogens with one attached hydrogen (secondary N) is 1. The van der Waals surface area contributed by atoms with Gasteiger partial charge in [-0.15, -0.1) is 0 Å². The van der Waals surface area contributed by atoms with Crippen molar-refractivity contribution in [2.24, 2.45) is 0 Å². The van der Waals surface area contributed by atoms with Crippen molar-refractivity contribution in [3.63, 3.8) is 0 Å². The van der Waals surface area contributed by atoms with E-state index in [-0.39, 0.29) is 6.54 Å². The van der Waals surface area contributed by atoms with Crippen LogP contribution in [0.1, 0.15) is 30.9 Å². The van der Waals surface area contributed by atoms with Crippen LogP contribution in [0.5, 0.6) is 0 Å². The highest BCUT2D eigenvalue weighted by Gasteiger charge is 2.34. The quantitative estimate of drug-likeness (QED) is 0.871. The van der Waals surface area contributed by atoms with E-state index in [0.29, 0.717) is 18.1 Å². The normalized spacial score (nSPS) is 27.2. The van der Waals surface area contributed by atoms with Crippen LogP contribution in [0.4, 0.5) is 8.78 Å². The van der Waals surface area contributed by atoms with Crippen molar-refractivity contribution in [2.45, 2.75) is 43.8 Å². The SMILES string of the molecule is CN1CC[C@H](NC2CCN(CC(F)F)CC2)[C@H]1c1ccc(Cl)cc1. The molecule has 0 amide bonds. The Morgan fingerprint density at radius 2 is 1.79 bits per heavy atom. The Labute approximate surface area is 148 Å². The summed E-state index contributed by atoms with van der Waals surface area (Å²) in [5.74, 6) is 0. The number of likely N-dealkylation sites (N-methyl/N-ethyl adjacent to an activating group) is 1. The van der Waals surface area contributed by atoms with Crippen LogP contribution in [0.15, 0.2) is 24.3 Å². The second-order valence-electron chi connectivity index (χ2n) is 7.00. The van der Waals surface area contributed by atoms with Crippen molar-refractivity contribution < 1.29 is 8.78 Å². The van der Waals surface area contributed by atoms with Crippen LogP contribution in [0.3, 0.4) is 0 Å². The molecule has 134 valence electrons. The second-order valence-corrected chi connectivity index (χ2v) is 7.44. The Morgan fingerprint density at radius 3 is 2.42 bits per heavy atom. The Hall–Kier alpha value is -0.750. The van der Waals surface area contributed by atoms with Crippen molar-refractivity contribution >= 4 is 11.6 Å². The predicted octanol–water partition coefficient (Wildman–Crippen LogP) is 3.40. The molecule has 3 rings (SSSR count). The maximum atomic E-state index is 12.5. The number of hydrogen-bond acceptors (Lipinski definition) is 3. The van der Waals surface area contributed by atoms with Gasteiger partial charge < -0.3 is 5.32 Å². The Morgan fingerprint density at radius 1 is 1.12 bits per heavy atom. The molecule has 0 saturated carbocycles. The van der Waals surface area contributed by atoms with Gasteiger partial charge in [0, 0.05) is 29.7 Å². The number of halogens is 3. The summed E-state index contributed by atoms with van der Waals surface area (Å²) in [5.41, 5.74) is 1.28. The fourth-order valence-electron chi connectivity index (χ4n) is 4.05. The van der Waals surface area contributed by atoms with Crippen LogP contribution in [-0.2, 0) is 0 Å².